The van der Waals surface area contributed by atoms with Crippen molar-refractivity contribution in [2.75, 3.05) is 10.2 Å². The van der Waals surface area contributed by atoms with Crippen molar-refractivity contribution in [3.05, 3.63) is 52.5 Å². The third-order valence-electron chi connectivity index (χ3n) is 6.55. The van der Waals surface area contributed by atoms with Gasteiger partial charge in [0.25, 0.3) is 5.91 Å². The SMILES string of the molecule is CC(C)(Oc1ccc(Cl)cc1Cl)C(=O)NC1C[C@H]2CC[C@@H](C1)N2c1ccc(NC(=O)C(F)(F)F)cc1. The fourth-order valence-corrected chi connectivity index (χ4v) is 5.32. The summed E-state index contributed by atoms with van der Waals surface area (Å²) in [6.07, 6.45) is -1.59. The highest BCUT2D eigenvalue weighted by Crippen LogP contribution is 2.40. The number of rotatable bonds is 6. The van der Waals surface area contributed by atoms with E-state index in [0.29, 0.717) is 15.8 Å². The van der Waals surface area contributed by atoms with Crippen LogP contribution in [-0.2, 0) is 9.59 Å². The van der Waals surface area contributed by atoms with Gasteiger partial charge < -0.3 is 20.3 Å². The molecule has 2 fully saturated rings. The first-order chi connectivity index (χ1) is 16.8. The van der Waals surface area contributed by atoms with Crippen LogP contribution in [0.15, 0.2) is 42.5 Å². The molecule has 3 atom stereocenters. The maximum absolute atomic E-state index is 13.1. The molecule has 0 radical (unpaired) electrons. The predicted octanol–water partition coefficient (Wildman–Crippen LogP) is 5.97. The van der Waals surface area contributed by atoms with Crippen molar-refractivity contribution in [2.24, 2.45) is 0 Å². The predicted molar refractivity (Wildman–Crippen MR) is 133 cm³/mol. The van der Waals surface area contributed by atoms with Crippen LogP contribution in [0.3, 0.4) is 0 Å². The lowest BCUT2D eigenvalue weighted by molar-refractivity contribution is -0.167. The first-order valence-corrected chi connectivity index (χ1v) is 12.3. The summed E-state index contributed by atoms with van der Waals surface area (Å²) in [7, 11) is 0. The topological polar surface area (TPSA) is 70.7 Å². The summed E-state index contributed by atoms with van der Waals surface area (Å²) in [5, 5.41) is 5.76. The molecule has 2 aliphatic rings. The maximum atomic E-state index is 13.1. The summed E-state index contributed by atoms with van der Waals surface area (Å²) in [5.74, 6) is -1.89. The van der Waals surface area contributed by atoms with Gasteiger partial charge in [0.15, 0.2) is 5.60 Å². The van der Waals surface area contributed by atoms with E-state index in [-0.39, 0.29) is 29.7 Å². The molecule has 0 aromatic heterocycles. The number of alkyl halides is 3. The van der Waals surface area contributed by atoms with Gasteiger partial charge >= 0.3 is 12.1 Å². The Morgan fingerprint density at radius 1 is 0.972 bits per heavy atom. The van der Waals surface area contributed by atoms with E-state index < -0.39 is 17.7 Å². The number of amides is 2. The fraction of sp³-hybridized carbons (Fsp3) is 0.440. The number of hydrogen-bond donors (Lipinski definition) is 2. The Kier molecular flexibility index (Phi) is 7.35. The van der Waals surface area contributed by atoms with E-state index in [9.17, 15) is 22.8 Å². The zero-order valence-electron chi connectivity index (χ0n) is 19.7. The van der Waals surface area contributed by atoms with Gasteiger partial charge in [0.1, 0.15) is 5.75 Å². The second-order valence-electron chi connectivity index (χ2n) is 9.62. The van der Waals surface area contributed by atoms with E-state index in [2.05, 4.69) is 10.2 Å². The number of fused-ring (bicyclic) bond motifs is 2. The van der Waals surface area contributed by atoms with Gasteiger partial charge in [-0.3, -0.25) is 9.59 Å². The average Bonchev–Trinajstić information content (AvgIpc) is 3.05. The van der Waals surface area contributed by atoms with Gasteiger partial charge in [0.2, 0.25) is 0 Å². The molecule has 4 rings (SSSR count). The number of anilines is 2. The second-order valence-corrected chi connectivity index (χ2v) is 10.5. The van der Waals surface area contributed by atoms with Crippen LogP contribution >= 0.6 is 23.2 Å². The van der Waals surface area contributed by atoms with Crippen LogP contribution < -0.4 is 20.3 Å². The van der Waals surface area contributed by atoms with Gasteiger partial charge in [-0.05, 0) is 82.0 Å². The van der Waals surface area contributed by atoms with Crippen molar-refractivity contribution in [3.63, 3.8) is 0 Å². The van der Waals surface area contributed by atoms with Gasteiger partial charge in [0.05, 0.1) is 5.02 Å². The third kappa shape index (κ3) is 5.83. The number of benzene rings is 2. The number of halogens is 5. The largest absolute Gasteiger partial charge is 0.476 e. The Bertz CT molecular complexity index is 1130. The number of carbonyl (C=O) groups excluding carboxylic acids is 2. The molecular formula is C25H26Cl2F3N3O3. The molecule has 0 saturated carbocycles. The van der Waals surface area contributed by atoms with Gasteiger partial charge in [-0.15, -0.1) is 0 Å². The van der Waals surface area contributed by atoms with Crippen LogP contribution in [0.25, 0.3) is 0 Å². The number of carbonyl (C=O) groups is 2. The molecule has 0 spiro atoms. The van der Waals surface area contributed by atoms with Gasteiger partial charge in [-0.25, -0.2) is 0 Å². The Balaban J connectivity index is 1.37. The van der Waals surface area contributed by atoms with E-state index in [1.807, 2.05) is 5.32 Å². The smallest absolute Gasteiger partial charge is 0.471 e. The monoisotopic (exact) mass is 543 g/mol. The molecule has 6 nitrogen and oxygen atoms in total. The molecule has 0 aliphatic carbocycles. The Morgan fingerprint density at radius 2 is 1.58 bits per heavy atom. The molecule has 2 bridgehead atoms. The molecule has 2 saturated heterocycles. The number of nitrogens with one attached hydrogen (secondary N) is 2. The van der Waals surface area contributed by atoms with Gasteiger partial charge in [-0.2, -0.15) is 13.2 Å². The van der Waals surface area contributed by atoms with Crippen LogP contribution in [-0.4, -0.2) is 41.7 Å². The molecule has 2 N–H and O–H groups in total. The van der Waals surface area contributed by atoms with E-state index in [4.69, 9.17) is 27.9 Å². The summed E-state index contributed by atoms with van der Waals surface area (Å²) < 4.78 is 43.4. The van der Waals surface area contributed by atoms with E-state index in [1.165, 1.54) is 12.1 Å². The van der Waals surface area contributed by atoms with Gasteiger partial charge in [0, 0.05) is 34.5 Å². The van der Waals surface area contributed by atoms with Gasteiger partial charge in [-0.1, -0.05) is 23.2 Å². The fourth-order valence-electron chi connectivity index (χ4n) is 4.87. The summed E-state index contributed by atoms with van der Waals surface area (Å²) in [6.45, 7) is 3.35. The normalized spacial score (nSPS) is 21.8. The molecule has 1 unspecified atom stereocenters. The van der Waals surface area contributed by atoms with E-state index in [0.717, 1.165) is 31.4 Å². The lowest BCUT2D eigenvalue weighted by atomic mass is 9.95. The third-order valence-corrected chi connectivity index (χ3v) is 7.09. The van der Waals surface area contributed by atoms with Crippen molar-refractivity contribution in [2.45, 2.75) is 69.4 Å². The molecule has 11 heteroatoms. The van der Waals surface area contributed by atoms with Crippen molar-refractivity contribution in [1.82, 2.24) is 5.32 Å². The highest BCUT2D eigenvalue weighted by atomic mass is 35.5. The van der Waals surface area contributed by atoms with E-state index in [1.54, 1.807) is 44.2 Å². The summed E-state index contributed by atoms with van der Waals surface area (Å²) >= 11 is 12.1. The first kappa shape index (κ1) is 26.4. The van der Waals surface area contributed by atoms with Crippen LogP contribution in [0.2, 0.25) is 10.0 Å². The van der Waals surface area contributed by atoms with Crippen molar-refractivity contribution >= 4 is 46.4 Å². The van der Waals surface area contributed by atoms with Crippen LogP contribution in [0.5, 0.6) is 5.75 Å². The minimum absolute atomic E-state index is 0.0415. The molecule has 2 aromatic carbocycles. The minimum Gasteiger partial charge on any atom is -0.476 e. The number of nitrogens with zero attached hydrogens (tertiary/aromatic N) is 1. The minimum atomic E-state index is -4.94. The Morgan fingerprint density at radius 3 is 2.14 bits per heavy atom. The number of hydrogen-bond acceptors (Lipinski definition) is 4. The summed E-state index contributed by atoms with van der Waals surface area (Å²) in [5.41, 5.74) is -0.207. The van der Waals surface area contributed by atoms with Crippen molar-refractivity contribution in [1.29, 1.82) is 0 Å². The zero-order chi connectivity index (χ0) is 26.3. The maximum Gasteiger partial charge on any atom is 0.471 e. The standard InChI is InChI=1S/C25H26Cl2F3N3O3/c1-24(2,36-21-10-3-14(26)11-20(21)27)22(34)32-16-12-18-8-9-19(13-16)33(18)17-6-4-15(5-7-17)31-23(35)25(28,29)30/h3-7,10-11,16,18-19H,8-9,12-13H2,1-2H3,(H,31,35)(H,32,34)/t16?,18-,19+. The lowest BCUT2D eigenvalue weighted by Crippen LogP contribution is -2.55. The molecule has 194 valence electrons. The second kappa shape index (κ2) is 10.0. The van der Waals surface area contributed by atoms with E-state index >= 15 is 0 Å². The summed E-state index contributed by atoms with van der Waals surface area (Å²) in [6, 6.07) is 11.5. The highest BCUT2D eigenvalue weighted by Gasteiger charge is 2.43. The van der Waals surface area contributed by atoms with Crippen LogP contribution in [0.4, 0.5) is 24.5 Å². The first-order valence-electron chi connectivity index (χ1n) is 11.5. The zero-order valence-corrected chi connectivity index (χ0v) is 21.2. The molecule has 2 aliphatic heterocycles. The van der Waals surface area contributed by atoms with Crippen molar-refractivity contribution < 1.29 is 27.5 Å². The molecule has 36 heavy (non-hydrogen) atoms. The highest BCUT2D eigenvalue weighted by molar-refractivity contribution is 6.35. The van der Waals surface area contributed by atoms with Crippen LogP contribution in [0.1, 0.15) is 39.5 Å². The van der Waals surface area contributed by atoms with Crippen LogP contribution in [0, 0.1) is 0 Å². The Hall–Kier alpha value is -2.65. The average molecular weight is 544 g/mol. The quantitative estimate of drug-likeness (QED) is 0.471. The molecule has 2 heterocycles. The molecular weight excluding hydrogens is 518 g/mol. The molecule has 2 aromatic rings. The number of ether oxygens (including phenoxy) is 1. The summed E-state index contributed by atoms with van der Waals surface area (Å²) in [4.78, 5) is 26.5. The number of piperidine rings is 1. The Labute approximate surface area is 217 Å². The lowest BCUT2D eigenvalue weighted by Gasteiger charge is -2.41. The molecule has 2 amide bonds. The van der Waals surface area contributed by atoms with Crippen molar-refractivity contribution in [3.8, 4) is 5.75 Å².